The van der Waals surface area contributed by atoms with Crippen LogP contribution >= 0.6 is 0 Å². The Balaban J connectivity index is 1.62. The Morgan fingerprint density at radius 3 is 2.92 bits per heavy atom. The van der Waals surface area contributed by atoms with Crippen LogP contribution in [0.4, 0.5) is 16.0 Å². The van der Waals surface area contributed by atoms with E-state index >= 15 is 0 Å². The van der Waals surface area contributed by atoms with Crippen LogP contribution in [0.1, 0.15) is 16.9 Å². The molecule has 3 aromatic rings. The van der Waals surface area contributed by atoms with Crippen LogP contribution in [0.25, 0.3) is 5.65 Å². The van der Waals surface area contributed by atoms with Crippen molar-refractivity contribution >= 4 is 23.2 Å². The highest BCUT2D eigenvalue weighted by Gasteiger charge is 2.23. The van der Waals surface area contributed by atoms with E-state index in [1.807, 2.05) is 11.0 Å². The maximum absolute atomic E-state index is 13.4. The molecule has 0 radical (unpaired) electrons. The fourth-order valence-electron chi connectivity index (χ4n) is 2.72. The molecule has 4 heterocycles. The second-order valence-electron chi connectivity index (χ2n) is 5.61. The largest absolute Gasteiger partial charge is 0.352 e. The minimum atomic E-state index is -0.825. The number of nitrogens with one attached hydrogen (secondary N) is 1. The average Bonchev–Trinajstić information content (AvgIpc) is 3.22. The van der Waals surface area contributed by atoms with Gasteiger partial charge in [-0.3, -0.25) is 9.78 Å². The smallest absolute Gasteiger partial charge is 0.275 e. The molecule has 1 amide bonds. The van der Waals surface area contributed by atoms with Crippen molar-refractivity contribution in [2.45, 2.75) is 12.6 Å². The Bertz CT molecular complexity index is 881. The summed E-state index contributed by atoms with van der Waals surface area (Å²) in [6, 6.07) is 8.72. The summed E-state index contributed by atoms with van der Waals surface area (Å²) in [7, 11) is 0. The molecule has 7 nitrogen and oxygen atoms in total. The molecule has 24 heavy (non-hydrogen) atoms. The quantitative estimate of drug-likeness (QED) is 0.796. The zero-order chi connectivity index (χ0) is 16.5. The molecule has 1 atom stereocenters. The van der Waals surface area contributed by atoms with Crippen LogP contribution in [0.3, 0.4) is 0 Å². The number of imidazole rings is 1. The normalized spacial score (nSPS) is 17.4. The highest BCUT2D eigenvalue weighted by molar-refractivity contribution is 6.02. The number of carbonyl (C=O) groups excluding carboxylic acids is 1. The number of carbonyl (C=O) groups is 1. The van der Waals surface area contributed by atoms with E-state index in [4.69, 9.17) is 0 Å². The second kappa shape index (κ2) is 5.88. The van der Waals surface area contributed by atoms with Gasteiger partial charge >= 0.3 is 0 Å². The van der Waals surface area contributed by atoms with Crippen molar-refractivity contribution in [2.24, 2.45) is 0 Å². The monoisotopic (exact) mass is 326 g/mol. The zero-order valence-electron chi connectivity index (χ0n) is 12.8. The number of nitrogens with zero attached hydrogens (tertiary/aromatic N) is 5. The molecule has 0 aliphatic carbocycles. The third kappa shape index (κ3) is 2.66. The highest BCUT2D eigenvalue weighted by Crippen LogP contribution is 2.21. The van der Waals surface area contributed by atoms with E-state index in [-0.39, 0.29) is 5.91 Å². The fourth-order valence-corrected chi connectivity index (χ4v) is 2.72. The predicted octanol–water partition coefficient (Wildman–Crippen LogP) is 1.92. The van der Waals surface area contributed by atoms with Crippen LogP contribution in [0.15, 0.2) is 42.7 Å². The van der Waals surface area contributed by atoms with E-state index in [0.717, 1.165) is 0 Å². The minimum absolute atomic E-state index is 0.309. The summed E-state index contributed by atoms with van der Waals surface area (Å²) in [5.41, 5.74) is 0.912. The van der Waals surface area contributed by atoms with Crippen LogP contribution in [0, 0.1) is 0 Å². The highest BCUT2D eigenvalue weighted by atomic mass is 19.1. The average molecular weight is 326 g/mol. The molecule has 1 aliphatic heterocycles. The first-order valence-electron chi connectivity index (χ1n) is 7.67. The summed E-state index contributed by atoms with van der Waals surface area (Å²) >= 11 is 0. The van der Waals surface area contributed by atoms with Gasteiger partial charge in [0.15, 0.2) is 11.5 Å². The number of fused-ring (bicyclic) bond motifs is 1. The molecule has 0 bridgehead atoms. The van der Waals surface area contributed by atoms with Crippen molar-refractivity contribution in [1.82, 2.24) is 19.6 Å². The molecule has 1 N–H and O–H groups in total. The van der Waals surface area contributed by atoms with Crippen LogP contribution in [-0.2, 0) is 0 Å². The van der Waals surface area contributed by atoms with E-state index in [0.29, 0.717) is 42.5 Å². The number of anilines is 2. The third-order valence-electron chi connectivity index (χ3n) is 3.94. The lowest BCUT2D eigenvalue weighted by Gasteiger charge is -2.16. The topological polar surface area (TPSA) is 75.4 Å². The summed E-state index contributed by atoms with van der Waals surface area (Å²) < 4.78 is 14.9. The second-order valence-corrected chi connectivity index (χ2v) is 5.61. The van der Waals surface area contributed by atoms with Gasteiger partial charge in [-0.2, -0.15) is 4.52 Å². The van der Waals surface area contributed by atoms with Crippen molar-refractivity contribution in [3.63, 3.8) is 0 Å². The standard InChI is InChI=1S/C16H15FN6O/c17-11-6-8-22(10-11)14-5-4-13-19-9-15(23(13)21-14)20-16(24)12-3-1-2-7-18-12/h1-5,7,9,11H,6,8,10H2,(H,20,24)/t11-/m0/s1. The first kappa shape index (κ1) is 14.6. The van der Waals surface area contributed by atoms with Crippen molar-refractivity contribution in [2.75, 3.05) is 23.3 Å². The molecule has 0 unspecified atom stereocenters. The zero-order valence-corrected chi connectivity index (χ0v) is 12.8. The van der Waals surface area contributed by atoms with Crippen molar-refractivity contribution in [3.8, 4) is 0 Å². The van der Waals surface area contributed by atoms with E-state index in [1.165, 1.54) is 6.20 Å². The summed E-state index contributed by atoms with van der Waals surface area (Å²) in [5, 5.41) is 7.23. The van der Waals surface area contributed by atoms with Gasteiger partial charge in [0.2, 0.25) is 0 Å². The van der Waals surface area contributed by atoms with Crippen LogP contribution in [0.5, 0.6) is 0 Å². The summed E-state index contributed by atoms with van der Waals surface area (Å²) in [6.45, 7) is 0.965. The van der Waals surface area contributed by atoms with Gasteiger partial charge < -0.3 is 10.2 Å². The first-order valence-corrected chi connectivity index (χ1v) is 7.67. The predicted molar refractivity (Wildman–Crippen MR) is 86.9 cm³/mol. The maximum Gasteiger partial charge on any atom is 0.275 e. The van der Waals surface area contributed by atoms with Gasteiger partial charge in [-0.05, 0) is 30.7 Å². The number of aromatic nitrogens is 4. The molecular weight excluding hydrogens is 311 g/mol. The molecule has 8 heteroatoms. The Morgan fingerprint density at radius 2 is 2.17 bits per heavy atom. The number of hydrogen-bond donors (Lipinski definition) is 1. The van der Waals surface area contributed by atoms with Crippen molar-refractivity contribution in [1.29, 1.82) is 0 Å². The van der Waals surface area contributed by atoms with Gasteiger partial charge in [0.1, 0.15) is 17.7 Å². The first-order chi connectivity index (χ1) is 11.7. The fraction of sp³-hybridized carbons (Fsp3) is 0.250. The van der Waals surface area contributed by atoms with E-state index < -0.39 is 6.17 Å². The van der Waals surface area contributed by atoms with Gasteiger partial charge in [0.25, 0.3) is 5.91 Å². The molecule has 1 saturated heterocycles. The number of rotatable bonds is 3. The molecule has 0 saturated carbocycles. The number of amides is 1. The molecular formula is C16H15FN6O. The molecule has 122 valence electrons. The molecule has 0 aromatic carbocycles. The SMILES string of the molecule is O=C(Nc1cnc2ccc(N3CC[C@H](F)C3)nn12)c1ccccn1. The summed E-state index contributed by atoms with van der Waals surface area (Å²) in [4.78, 5) is 22.4. The Hall–Kier alpha value is -3.03. The molecule has 3 aromatic heterocycles. The lowest BCUT2D eigenvalue weighted by molar-refractivity contribution is 0.102. The maximum atomic E-state index is 13.4. The van der Waals surface area contributed by atoms with Gasteiger partial charge in [-0.1, -0.05) is 6.07 Å². The number of alkyl halides is 1. The number of halogens is 1. The van der Waals surface area contributed by atoms with Crippen LogP contribution < -0.4 is 10.2 Å². The molecule has 1 aliphatic rings. The lowest BCUT2D eigenvalue weighted by Crippen LogP contribution is -2.22. The molecule has 4 rings (SSSR count). The summed E-state index contributed by atoms with van der Waals surface area (Å²) in [6.07, 6.45) is 2.77. The van der Waals surface area contributed by atoms with Gasteiger partial charge in [0, 0.05) is 12.7 Å². The van der Waals surface area contributed by atoms with E-state index in [1.54, 1.807) is 35.0 Å². The van der Waals surface area contributed by atoms with Crippen LogP contribution in [-0.4, -0.2) is 44.8 Å². The Kier molecular flexibility index (Phi) is 3.56. The van der Waals surface area contributed by atoms with Gasteiger partial charge in [-0.15, -0.1) is 5.10 Å². The van der Waals surface area contributed by atoms with E-state index in [9.17, 15) is 9.18 Å². The molecule has 1 fully saturated rings. The van der Waals surface area contributed by atoms with E-state index in [2.05, 4.69) is 20.4 Å². The molecule has 0 spiro atoms. The van der Waals surface area contributed by atoms with Gasteiger partial charge in [0.05, 0.1) is 12.7 Å². The Morgan fingerprint density at radius 1 is 1.25 bits per heavy atom. The van der Waals surface area contributed by atoms with Crippen LogP contribution in [0.2, 0.25) is 0 Å². The van der Waals surface area contributed by atoms with Gasteiger partial charge in [-0.25, -0.2) is 9.37 Å². The Labute approximate surface area is 137 Å². The lowest BCUT2D eigenvalue weighted by atomic mass is 10.3. The summed E-state index contributed by atoms with van der Waals surface area (Å²) in [5.74, 6) is 0.766. The third-order valence-corrected chi connectivity index (χ3v) is 3.94. The number of hydrogen-bond acceptors (Lipinski definition) is 5. The van der Waals surface area contributed by atoms with Crippen molar-refractivity contribution in [3.05, 3.63) is 48.4 Å². The minimum Gasteiger partial charge on any atom is -0.352 e. The van der Waals surface area contributed by atoms with Crippen molar-refractivity contribution < 1.29 is 9.18 Å². The number of pyridine rings is 1.